The highest BCUT2D eigenvalue weighted by Gasteiger charge is 2.24. The predicted octanol–water partition coefficient (Wildman–Crippen LogP) is 3.87. The Bertz CT molecular complexity index is 927. The van der Waals surface area contributed by atoms with Crippen molar-refractivity contribution in [3.63, 3.8) is 0 Å². The summed E-state index contributed by atoms with van der Waals surface area (Å²) in [6, 6.07) is 12.5. The normalized spacial score (nSPS) is 17.7. The standard InChI is InChI=1S/C23H27FN4O2/c24-21-13-17(7-8-18(21)16-27-10-2-1-3-11-27)15-25-19-5-4-6-20(14-19)28-12-9-22(29)26-23(28)30/h4-8,13-14,25H,1-3,9-12,15-16H2,(H,26,29,30). The second kappa shape index (κ2) is 9.26. The van der Waals surface area contributed by atoms with E-state index in [0.29, 0.717) is 25.3 Å². The van der Waals surface area contributed by atoms with Crippen molar-refractivity contribution >= 4 is 23.3 Å². The van der Waals surface area contributed by atoms with E-state index in [1.165, 1.54) is 19.3 Å². The molecule has 2 aromatic rings. The molecular weight excluding hydrogens is 383 g/mol. The number of imide groups is 1. The fraction of sp³-hybridized carbons (Fsp3) is 0.391. The van der Waals surface area contributed by atoms with Gasteiger partial charge in [0.1, 0.15) is 5.82 Å². The monoisotopic (exact) mass is 410 g/mol. The highest BCUT2D eigenvalue weighted by molar-refractivity contribution is 6.05. The lowest BCUT2D eigenvalue weighted by molar-refractivity contribution is -0.120. The van der Waals surface area contributed by atoms with Crippen LogP contribution in [-0.2, 0) is 17.9 Å². The molecule has 2 N–H and O–H groups in total. The minimum atomic E-state index is -0.408. The summed E-state index contributed by atoms with van der Waals surface area (Å²) in [5.41, 5.74) is 3.15. The molecule has 2 saturated heterocycles. The van der Waals surface area contributed by atoms with Gasteiger partial charge in [-0.25, -0.2) is 9.18 Å². The molecule has 0 radical (unpaired) electrons. The zero-order valence-corrected chi connectivity index (χ0v) is 17.0. The first-order valence-electron chi connectivity index (χ1n) is 10.5. The number of nitrogens with zero attached hydrogens (tertiary/aromatic N) is 2. The van der Waals surface area contributed by atoms with Gasteiger partial charge in [-0.3, -0.25) is 19.9 Å². The van der Waals surface area contributed by atoms with E-state index in [4.69, 9.17) is 0 Å². The fourth-order valence-electron chi connectivity index (χ4n) is 3.99. The van der Waals surface area contributed by atoms with Crippen molar-refractivity contribution < 1.29 is 14.0 Å². The van der Waals surface area contributed by atoms with Gasteiger partial charge in [0.25, 0.3) is 0 Å². The van der Waals surface area contributed by atoms with Gasteiger partial charge in [-0.05, 0) is 55.8 Å². The van der Waals surface area contributed by atoms with Gasteiger partial charge in [0.05, 0.1) is 0 Å². The molecule has 2 fully saturated rings. The average Bonchev–Trinajstić information content (AvgIpc) is 2.75. The van der Waals surface area contributed by atoms with Crippen molar-refractivity contribution in [1.29, 1.82) is 0 Å². The van der Waals surface area contributed by atoms with Crippen LogP contribution in [0.15, 0.2) is 42.5 Å². The molecule has 3 amide bonds. The maximum absolute atomic E-state index is 14.6. The Kier molecular flexibility index (Phi) is 6.28. The number of hydrogen-bond acceptors (Lipinski definition) is 4. The van der Waals surface area contributed by atoms with Gasteiger partial charge >= 0.3 is 6.03 Å². The van der Waals surface area contributed by atoms with E-state index in [2.05, 4.69) is 15.5 Å². The van der Waals surface area contributed by atoms with Crippen molar-refractivity contribution in [2.75, 3.05) is 29.9 Å². The van der Waals surface area contributed by atoms with Crippen molar-refractivity contribution in [2.45, 2.75) is 38.8 Å². The Morgan fingerprint density at radius 2 is 1.83 bits per heavy atom. The minimum absolute atomic E-state index is 0.164. The number of likely N-dealkylation sites (tertiary alicyclic amines) is 1. The number of urea groups is 1. The van der Waals surface area contributed by atoms with Crippen LogP contribution in [0.25, 0.3) is 0 Å². The van der Waals surface area contributed by atoms with E-state index in [9.17, 15) is 14.0 Å². The Labute approximate surface area is 176 Å². The first-order valence-corrected chi connectivity index (χ1v) is 10.5. The van der Waals surface area contributed by atoms with Crippen LogP contribution in [0, 0.1) is 5.82 Å². The van der Waals surface area contributed by atoms with Crippen molar-refractivity contribution in [1.82, 2.24) is 10.2 Å². The zero-order valence-electron chi connectivity index (χ0n) is 17.0. The molecule has 158 valence electrons. The third-order valence-electron chi connectivity index (χ3n) is 5.67. The molecule has 2 aliphatic heterocycles. The van der Waals surface area contributed by atoms with Crippen LogP contribution in [0.4, 0.5) is 20.6 Å². The zero-order chi connectivity index (χ0) is 20.9. The molecule has 30 heavy (non-hydrogen) atoms. The lowest BCUT2D eigenvalue weighted by Gasteiger charge is -2.27. The van der Waals surface area contributed by atoms with E-state index in [0.717, 1.165) is 29.9 Å². The summed E-state index contributed by atoms with van der Waals surface area (Å²) in [6.45, 7) is 3.60. The van der Waals surface area contributed by atoms with Crippen LogP contribution in [0.2, 0.25) is 0 Å². The SMILES string of the molecule is O=C1CCN(c2cccc(NCc3ccc(CN4CCCCC4)c(F)c3)c2)C(=O)N1. The topological polar surface area (TPSA) is 64.7 Å². The summed E-state index contributed by atoms with van der Waals surface area (Å²) in [5, 5.41) is 5.62. The summed E-state index contributed by atoms with van der Waals surface area (Å²) >= 11 is 0. The maximum Gasteiger partial charge on any atom is 0.328 e. The molecular formula is C23H27FN4O2. The largest absolute Gasteiger partial charge is 0.381 e. The second-order valence-corrected chi connectivity index (χ2v) is 7.92. The van der Waals surface area contributed by atoms with Crippen LogP contribution in [0.5, 0.6) is 0 Å². The highest BCUT2D eigenvalue weighted by Crippen LogP contribution is 2.22. The number of hydrogen-bond donors (Lipinski definition) is 2. The number of amides is 3. The van der Waals surface area contributed by atoms with Gasteiger partial charge in [-0.1, -0.05) is 24.6 Å². The van der Waals surface area contributed by atoms with Crippen molar-refractivity contribution in [2.24, 2.45) is 0 Å². The van der Waals surface area contributed by atoms with E-state index in [1.807, 2.05) is 36.4 Å². The van der Waals surface area contributed by atoms with E-state index in [-0.39, 0.29) is 18.1 Å². The molecule has 2 aromatic carbocycles. The van der Waals surface area contributed by atoms with Gasteiger partial charge in [0.15, 0.2) is 0 Å². The van der Waals surface area contributed by atoms with Crippen LogP contribution in [-0.4, -0.2) is 36.5 Å². The molecule has 0 unspecified atom stereocenters. The van der Waals surface area contributed by atoms with Gasteiger partial charge in [-0.2, -0.15) is 0 Å². The first-order chi connectivity index (χ1) is 14.6. The molecule has 0 bridgehead atoms. The van der Waals surface area contributed by atoms with Crippen LogP contribution >= 0.6 is 0 Å². The first kappa shape index (κ1) is 20.3. The lowest BCUT2D eigenvalue weighted by atomic mass is 10.1. The quantitative estimate of drug-likeness (QED) is 0.759. The van der Waals surface area contributed by atoms with Gasteiger partial charge < -0.3 is 5.32 Å². The van der Waals surface area contributed by atoms with Crippen molar-refractivity contribution in [3.8, 4) is 0 Å². The molecule has 0 spiro atoms. The Balaban J connectivity index is 1.37. The molecule has 7 heteroatoms. The van der Waals surface area contributed by atoms with Crippen molar-refractivity contribution in [3.05, 3.63) is 59.4 Å². The number of rotatable bonds is 6. The summed E-state index contributed by atoms with van der Waals surface area (Å²) in [4.78, 5) is 27.2. The minimum Gasteiger partial charge on any atom is -0.381 e. The third-order valence-corrected chi connectivity index (χ3v) is 5.67. The number of carbonyl (C=O) groups is 2. The second-order valence-electron chi connectivity index (χ2n) is 7.92. The Morgan fingerprint density at radius 3 is 2.60 bits per heavy atom. The van der Waals surface area contributed by atoms with E-state index in [1.54, 1.807) is 11.0 Å². The van der Waals surface area contributed by atoms with Gasteiger partial charge in [0.2, 0.25) is 5.91 Å². The lowest BCUT2D eigenvalue weighted by Crippen LogP contribution is -2.49. The molecule has 0 saturated carbocycles. The van der Waals surface area contributed by atoms with Crippen LogP contribution < -0.4 is 15.5 Å². The smallest absolute Gasteiger partial charge is 0.328 e. The molecule has 0 atom stereocenters. The predicted molar refractivity (Wildman–Crippen MR) is 115 cm³/mol. The Morgan fingerprint density at radius 1 is 1.00 bits per heavy atom. The number of benzene rings is 2. The number of piperidine rings is 1. The molecule has 2 aliphatic rings. The number of halogens is 1. The molecule has 4 rings (SSSR count). The summed E-state index contributed by atoms with van der Waals surface area (Å²) < 4.78 is 14.6. The molecule has 0 aromatic heterocycles. The number of anilines is 2. The number of nitrogens with one attached hydrogen (secondary N) is 2. The summed E-state index contributed by atoms with van der Waals surface area (Å²) in [5.74, 6) is -0.417. The third kappa shape index (κ3) is 4.97. The van der Waals surface area contributed by atoms with E-state index >= 15 is 0 Å². The Hall–Kier alpha value is -2.93. The molecule has 6 nitrogen and oxygen atoms in total. The number of carbonyl (C=O) groups excluding carboxylic acids is 2. The van der Waals surface area contributed by atoms with Gasteiger partial charge in [-0.15, -0.1) is 0 Å². The van der Waals surface area contributed by atoms with Crippen LogP contribution in [0.3, 0.4) is 0 Å². The highest BCUT2D eigenvalue weighted by atomic mass is 19.1. The molecule has 0 aliphatic carbocycles. The average molecular weight is 410 g/mol. The summed E-state index contributed by atoms with van der Waals surface area (Å²) in [6.07, 6.45) is 3.94. The van der Waals surface area contributed by atoms with Gasteiger partial charge in [0, 0.05) is 43.0 Å². The van der Waals surface area contributed by atoms with Crippen LogP contribution in [0.1, 0.15) is 36.8 Å². The van der Waals surface area contributed by atoms with E-state index < -0.39 is 6.03 Å². The summed E-state index contributed by atoms with van der Waals surface area (Å²) in [7, 11) is 0. The maximum atomic E-state index is 14.6. The molecule has 2 heterocycles. The fourth-order valence-corrected chi connectivity index (χ4v) is 3.99.